The summed E-state index contributed by atoms with van der Waals surface area (Å²) in [5, 5.41) is 0. The minimum Gasteiger partial charge on any atom is -0.311 e. The van der Waals surface area contributed by atoms with Crippen molar-refractivity contribution in [1.29, 1.82) is 0 Å². The van der Waals surface area contributed by atoms with Gasteiger partial charge in [-0.3, -0.25) is 4.79 Å². The Balaban J connectivity index is 2.34. The van der Waals surface area contributed by atoms with E-state index >= 15 is 0 Å². The van der Waals surface area contributed by atoms with Crippen LogP contribution in [0, 0.1) is 10.5 Å². The molecule has 2 rings (SSSR count). The molecule has 1 unspecified atom stereocenters. The zero-order valence-corrected chi connectivity index (χ0v) is 12.1. The van der Waals surface area contributed by atoms with Gasteiger partial charge in [-0.05, 0) is 53.3 Å². The molecule has 1 aliphatic rings. The Hall–Kier alpha value is -0.100. The maximum atomic E-state index is 11.7. The molecule has 0 saturated carbocycles. The number of halogens is 2. The molecule has 1 aromatic carbocycles. The van der Waals surface area contributed by atoms with Crippen LogP contribution in [0.1, 0.15) is 12.0 Å². The fraction of sp³-hybridized carbons (Fsp3) is 0.364. The van der Waals surface area contributed by atoms with Crippen molar-refractivity contribution < 1.29 is 4.79 Å². The van der Waals surface area contributed by atoms with E-state index in [0.717, 1.165) is 17.8 Å². The van der Waals surface area contributed by atoms with Crippen LogP contribution >= 0.6 is 38.5 Å². The Morgan fingerprint density at radius 3 is 2.80 bits per heavy atom. The number of rotatable bonds is 1. The van der Waals surface area contributed by atoms with Crippen LogP contribution in [-0.2, 0) is 4.79 Å². The van der Waals surface area contributed by atoms with Crippen LogP contribution < -0.4 is 4.90 Å². The minimum absolute atomic E-state index is 0.209. The molecule has 0 spiro atoms. The molecule has 0 aliphatic carbocycles. The lowest BCUT2D eigenvalue weighted by molar-refractivity contribution is -0.117. The normalized spacial score (nSPS) is 21.1. The van der Waals surface area contributed by atoms with Crippen molar-refractivity contribution in [3.8, 4) is 0 Å². The van der Waals surface area contributed by atoms with E-state index < -0.39 is 0 Å². The monoisotopic (exact) mass is 379 g/mol. The van der Waals surface area contributed by atoms with Gasteiger partial charge < -0.3 is 4.90 Å². The molecule has 1 fully saturated rings. The second-order valence-electron chi connectivity index (χ2n) is 3.74. The average Bonchev–Trinajstić information content (AvgIpc) is 2.45. The molecule has 80 valence electrons. The molecule has 1 atom stereocenters. The summed E-state index contributed by atoms with van der Waals surface area (Å²) in [4.78, 5) is 13.9. The van der Waals surface area contributed by atoms with Crippen LogP contribution in [-0.4, -0.2) is 17.3 Å². The van der Waals surface area contributed by atoms with Gasteiger partial charge in [0.05, 0.1) is 0 Å². The number of hydrogen-bond donors (Lipinski definition) is 0. The zero-order valence-electron chi connectivity index (χ0n) is 8.34. The van der Waals surface area contributed by atoms with E-state index in [2.05, 4.69) is 44.6 Å². The maximum absolute atomic E-state index is 11.7. The number of alkyl halides is 1. The average molecular weight is 380 g/mol. The van der Waals surface area contributed by atoms with Crippen molar-refractivity contribution >= 4 is 50.1 Å². The van der Waals surface area contributed by atoms with Crippen LogP contribution in [0.2, 0.25) is 0 Å². The Bertz CT molecular complexity index is 408. The van der Waals surface area contributed by atoms with Gasteiger partial charge in [-0.1, -0.05) is 15.9 Å². The molecule has 2 nitrogen and oxygen atoms in total. The third-order valence-corrected chi connectivity index (χ3v) is 3.81. The molecule has 4 heteroatoms. The maximum Gasteiger partial charge on any atom is 0.228 e. The molecule has 0 N–H and O–H groups in total. The first-order valence-corrected chi connectivity index (χ1v) is 6.78. The van der Waals surface area contributed by atoms with Crippen molar-refractivity contribution in [2.45, 2.75) is 18.2 Å². The van der Waals surface area contributed by atoms with Gasteiger partial charge in [0.15, 0.2) is 0 Å². The van der Waals surface area contributed by atoms with Crippen molar-refractivity contribution in [1.82, 2.24) is 0 Å². The Kier molecular flexibility index (Phi) is 3.35. The fourth-order valence-corrected chi connectivity index (χ4v) is 3.03. The standard InChI is InChI=1S/C11H11BrINO/c1-7-4-9(13)2-3-10(7)14-6-8(12)5-11(14)15/h2-4,8H,5-6H2,1H3. The molecule has 0 bridgehead atoms. The van der Waals surface area contributed by atoms with Gasteiger partial charge in [0.2, 0.25) is 5.91 Å². The first kappa shape index (κ1) is 11.4. The predicted octanol–water partition coefficient (Wildman–Crippen LogP) is 3.10. The molecule has 0 radical (unpaired) electrons. The number of amides is 1. The second-order valence-corrected chi connectivity index (χ2v) is 6.28. The number of carbonyl (C=O) groups is 1. The lowest BCUT2D eigenvalue weighted by Gasteiger charge is -2.18. The molecule has 1 heterocycles. The third kappa shape index (κ3) is 2.36. The van der Waals surface area contributed by atoms with E-state index in [0.29, 0.717) is 11.2 Å². The van der Waals surface area contributed by atoms with E-state index in [1.807, 2.05) is 24.0 Å². The Morgan fingerprint density at radius 1 is 1.53 bits per heavy atom. The molecular formula is C11H11BrINO. The zero-order chi connectivity index (χ0) is 11.0. The van der Waals surface area contributed by atoms with E-state index in [1.54, 1.807) is 0 Å². The van der Waals surface area contributed by atoms with Crippen molar-refractivity contribution in [3.05, 3.63) is 27.3 Å². The molecule has 1 saturated heterocycles. The molecule has 0 aromatic heterocycles. The Morgan fingerprint density at radius 2 is 2.27 bits per heavy atom. The summed E-state index contributed by atoms with van der Waals surface area (Å²) in [7, 11) is 0. The first-order chi connectivity index (χ1) is 7.08. The number of carbonyl (C=O) groups excluding carboxylic acids is 1. The minimum atomic E-state index is 0.209. The summed E-state index contributed by atoms with van der Waals surface area (Å²) >= 11 is 5.77. The van der Waals surface area contributed by atoms with E-state index in [4.69, 9.17) is 0 Å². The van der Waals surface area contributed by atoms with Gasteiger partial charge in [0.1, 0.15) is 0 Å². The largest absolute Gasteiger partial charge is 0.311 e. The van der Waals surface area contributed by atoms with Gasteiger partial charge in [-0.2, -0.15) is 0 Å². The number of nitrogens with zero attached hydrogens (tertiary/aromatic N) is 1. The van der Waals surface area contributed by atoms with E-state index in [9.17, 15) is 4.79 Å². The van der Waals surface area contributed by atoms with Crippen LogP contribution in [0.5, 0.6) is 0 Å². The lowest BCUT2D eigenvalue weighted by atomic mass is 10.2. The lowest BCUT2D eigenvalue weighted by Crippen LogP contribution is -2.25. The van der Waals surface area contributed by atoms with Crippen LogP contribution in [0.25, 0.3) is 0 Å². The molecule has 15 heavy (non-hydrogen) atoms. The molecular weight excluding hydrogens is 369 g/mol. The smallest absolute Gasteiger partial charge is 0.228 e. The molecule has 1 aromatic rings. The van der Waals surface area contributed by atoms with Gasteiger partial charge >= 0.3 is 0 Å². The molecule has 1 amide bonds. The number of hydrogen-bond acceptors (Lipinski definition) is 1. The third-order valence-electron chi connectivity index (χ3n) is 2.53. The number of anilines is 1. The van der Waals surface area contributed by atoms with Crippen molar-refractivity contribution in [2.75, 3.05) is 11.4 Å². The summed E-state index contributed by atoms with van der Waals surface area (Å²) in [6.07, 6.45) is 0.603. The topological polar surface area (TPSA) is 20.3 Å². The van der Waals surface area contributed by atoms with Crippen molar-refractivity contribution in [2.24, 2.45) is 0 Å². The Labute approximate surface area is 111 Å². The summed E-state index contributed by atoms with van der Waals surface area (Å²) in [6, 6.07) is 6.17. The summed E-state index contributed by atoms with van der Waals surface area (Å²) < 4.78 is 1.20. The van der Waals surface area contributed by atoms with Gasteiger partial charge in [0.25, 0.3) is 0 Å². The summed E-state index contributed by atoms with van der Waals surface area (Å²) in [5.41, 5.74) is 2.21. The van der Waals surface area contributed by atoms with Crippen LogP contribution in [0.3, 0.4) is 0 Å². The quantitative estimate of drug-likeness (QED) is 0.542. The fourth-order valence-electron chi connectivity index (χ4n) is 1.82. The van der Waals surface area contributed by atoms with Crippen LogP contribution in [0.15, 0.2) is 18.2 Å². The van der Waals surface area contributed by atoms with E-state index in [1.165, 1.54) is 3.57 Å². The highest BCUT2D eigenvalue weighted by molar-refractivity contribution is 14.1. The first-order valence-electron chi connectivity index (χ1n) is 4.78. The van der Waals surface area contributed by atoms with Gasteiger partial charge in [0, 0.05) is 27.1 Å². The number of benzene rings is 1. The van der Waals surface area contributed by atoms with Crippen LogP contribution in [0.4, 0.5) is 5.69 Å². The summed E-state index contributed by atoms with van der Waals surface area (Å²) in [5.74, 6) is 0.209. The van der Waals surface area contributed by atoms with Crippen molar-refractivity contribution in [3.63, 3.8) is 0 Å². The highest BCUT2D eigenvalue weighted by Crippen LogP contribution is 2.28. The number of aryl methyl sites for hydroxylation is 1. The highest BCUT2D eigenvalue weighted by atomic mass is 127. The predicted molar refractivity (Wildman–Crippen MR) is 73.6 cm³/mol. The second kappa shape index (κ2) is 4.41. The van der Waals surface area contributed by atoms with E-state index in [-0.39, 0.29) is 5.91 Å². The SMILES string of the molecule is Cc1cc(I)ccc1N1CC(Br)CC1=O. The summed E-state index contributed by atoms with van der Waals surface area (Å²) in [6.45, 7) is 2.83. The molecule has 1 aliphatic heterocycles. The highest BCUT2D eigenvalue weighted by Gasteiger charge is 2.29. The van der Waals surface area contributed by atoms with Gasteiger partial charge in [-0.15, -0.1) is 0 Å². The van der Waals surface area contributed by atoms with Gasteiger partial charge in [-0.25, -0.2) is 0 Å².